The van der Waals surface area contributed by atoms with Crippen LogP contribution in [0.15, 0.2) is 0 Å². The standard InChI is InChI=1S/C15H32O2/c1-4-6-7-8-9-10-12-15(11-5-2)17-13-14(3)16/h14-16H,4-13H2,1-3H3. The molecule has 0 saturated carbocycles. The third kappa shape index (κ3) is 12.2. The van der Waals surface area contributed by atoms with Crippen LogP contribution in [0.3, 0.4) is 0 Å². The van der Waals surface area contributed by atoms with Gasteiger partial charge in [0.25, 0.3) is 0 Å². The second kappa shape index (κ2) is 12.4. The van der Waals surface area contributed by atoms with Crippen molar-refractivity contribution in [1.82, 2.24) is 0 Å². The lowest BCUT2D eigenvalue weighted by Gasteiger charge is -2.18. The van der Waals surface area contributed by atoms with Gasteiger partial charge in [-0.25, -0.2) is 0 Å². The van der Waals surface area contributed by atoms with Crippen LogP contribution < -0.4 is 0 Å². The molecule has 17 heavy (non-hydrogen) atoms. The smallest absolute Gasteiger partial charge is 0.0745 e. The summed E-state index contributed by atoms with van der Waals surface area (Å²) in [5, 5.41) is 9.21. The first-order chi connectivity index (χ1) is 8.20. The Kier molecular flexibility index (Phi) is 12.3. The molecule has 0 bridgehead atoms. The van der Waals surface area contributed by atoms with E-state index in [0.717, 1.165) is 12.8 Å². The largest absolute Gasteiger partial charge is 0.391 e. The SMILES string of the molecule is CCCCCCCCC(CCC)OCC(C)O. The van der Waals surface area contributed by atoms with Gasteiger partial charge in [0.1, 0.15) is 0 Å². The number of aliphatic hydroxyl groups excluding tert-OH is 1. The van der Waals surface area contributed by atoms with Crippen molar-refractivity contribution in [1.29, 1.82) is 0 Å². The van der Waals surface area contributed by atoms with Crippen LogP contribution in [0.2, 0.25) is 0 Å². The zero-order chi connectivity index (χ0) is 12.9. The lowest BCUT2D eigenvalue weighted by molar-refractivity contribution is -0.0110. The molecule has 1 N–H and O–H groups in total. The Hall–Kier alpha value is -0.0800. The molecule has 0 aromatic heterocycles. The van der Waals surface area contributed by atoms with Gasteiger partial charge in [0.15, 0.2) is 0 Å². The molecule has 0 aromatic carbocycles. The van der Waals surface area contributed by atoms with E-state index in [1.807, 2.05) is 0 Å². The van der Waals surface area contributed by atoms with E-state index in [4.69, 9.17) is 4.74 Å². The van der Waals surface area contributed by atoms with E-state index in [0.29, 0.717) is 12.7 Å². The number of ether oxygens (including phenoxy) is 1. The Labute approximate surface area is 108 Å². The van der Waals surface area contributed by atoms with Crippen LogP contribution >= 0.6 is 0 Å². The molecule has 0 radical (unpaired) electrons. The lowest BCUT2D eigenvalue weighted by Crippen LogP contribution is -2.19. The van der Waals surface area contributed by atoms with E-state index in [1.54, 1.807) is 6.92 Å². The summed E-state index contributed by atoms with van der Waals surface area (Å²) in [5.41, 5.74) is 0. The first kappa shape index (κ1) is 16.9. The quantitative estimate of drug-likeness (QED) is 0.519. The van der Waals surface area contributed by atoms with Crippen molar-refractivity contribution in [3.05, 3.63) is 0 Å². The van der Waals surface area contributed by atoms with Gasteiger partial charge in [-0.15, -0.1) is 0 Å². The lowest BCUT2D eigenvalue weighted by atomic mass is 10.0. The van der Waals surface area contributed by atoms with E-state index < -0.39 is 0 Å². The third-order valence-corrected chi connectivity index (χ3v) is 3.06. The van der Waals surface area contributed by atoms with Crippen molar-refractivity contribution in [2.24, 2.45) is 0 Å². The van der Waals surface area contributed by atoms with Crippen LogP contribution in [-0.2, 0) is 4.74 Å². The van der Waals surface area contributed by atoms with Crippen molar-refractivity contribution in [3.8, 4) is 0 Å². The van der Waals surface area contributed by atoms with Crippen LogP contribution in [0, 0.1) is 0 Å². The first-order valence-corrected chi connectivity index (χ1v) is 7.50. The third-order valence-electron chi connectivity index (χ3n) is 3.06. The van der Waals surface area contributed by atoms with Gasteiger partial charge in [-0.05, 0) is 19.8 Å². The molecule has 2 nitrogen and oxygen atoms in total. The van der Waals surface area contributed by atoms with Crippen LogP contribution in [0.5, 0.6) is 0 Å². The minimum absolute atomic E-state index is 0.334. The zero-order valence-corrected chi connectivity index (χ0v) is 12.1. The highest BCUT2D eigenvalue weighted by molar-refractivity contribution is 4.59. The van der Waals surface area contributed by atoms with E-state index in [9.17, 15) is 5.11 Å². The second-order valence-corrected chi connectivity index (χ2v) is 5.15. The van der Waals surface area contributed by atoms with Crippen molar-refractivity contribution >= 4 is 0 Å². The Bertz CT molecular complexity index is 146. The molecule has 0 heterocycles. The zero-order valence-electron chi connectivity index (χ0n) is 12.1. The number of hydrogen-bond acceptors (Lipinski definition) is 2. The highest BCUT2D eigenvalue weighted by Gasteiger charge is 2.09. The molecule has 0 aliphatic rings. The maximum absolute atomic E-state index is 9.21. The summed E-state index contributed by atoms with van der Waals surface area (Å²) < 4.78 is 5.72. The highest BCUT2D eigenvalue weighted by Crippen LogP contribution is 2.14. The van der Waals surface area contributed by atoms with E-state index >= 15 is 0 Å². The summed E-state index contributed by atoms with van der Waals surface area (Å²) in [7, 11) is 0. The maximum atomic E-state index is 9.21. The highest BCUT2D eigenvalue weighted by atomic mass is 16.5. The van der Waals surface area contributed by atoms with Crippen LogP contribution in [-0.4, -0.2) is 23.9 Å². The minimum atomic E-state index is -0.334. The molecule has 0 fully saturated rings. The Balaban J connectivity index is 3.48. The summed E-state index contributed by atoms with van der Waals surface area (Å²) >= 11 is 0. The molecule has 0 aromatic rings. The van der Waals surface area contributed by atoms with Crippen molar-refractivity contribution in [3.63, 3.8) is 0 Å². The molecular weight excluding hydrogens is 212 g/mol. The van der Waals surface area contributed by atoms with Crippen molar-refractivity contribution in [2.75, 3.05) is 6.61 Å². The number of rotatable bonds is 12. The summed E-state index contributed by atoms with van der Waals surface area (Å²) in [6.45, 7) is 6.72. The molecule has 2 unspecified atom stereocenters. The van der Waals surface area contributed by atoms with Gasteiger partial charge < -0.3 is 9.84 Å². The summed E-state index contributed by atoms with van der Waals surface area (Å²) in [5.74, 6) is 0. The van der Waals surface area contributed by atoms with Gasteiger partial charge in [-0.2, -0.15) is 0 Å². The average molecular weight is 244 g/mol. The predicted octanol–water partition coefficient (Wildman–Crippen LogP) is 4.30. The fourth-order valence-corrected chi connectivity index (χ4v) is 2.06. The minimum Gasteiger partial charge on any atom is -0.391 e. The first-order valence-electron chi connectivity index (χ1n) is 7.50. The molecule has 0 saturated heterocycles. The molecule has 0 spiro atoms. The van der Waals surface area contributed by atoms with Crippen LogP contribution in [0.25, 0.3) is 0 Å². The van der Waals surface area contributed by atoms with Crippen LogP contribution in [0.4, 0.5) is 0 Å². The average Bonchev–Trinajstić information content (AvgIpc) is 2.30. The number of aliphatic hydroxyl groups is 1. The molecular formula is C15H32O2. The summed E-state index contributed by atoms with van der Waals surface area (Å²) in [6.07, 6.45) is 11.5. The van der Waals surface area contributed by atoms with Crippen LogP contribution in [0.1, 0.15) is 78.6 Å². The molecule has 0 aliphatic carbocycles. The Morgan fingerprint density at radius 1 is 0.882 bits per heavy atom. The van der Waals surface area contributed by atoms with Gasteiger partial charge in [-0.1, -0.05) is 58.8 Å². The molecule has 0 rings (SSSR count). The summed E-state index contributed by atoms with van der Waals surface area (Å²) in [6, 6.07) is 0. The van der Waals surface area contributed by atoms with E-state index in [1.165, 1.54) is 44.9 Å². The summed E-state index contributed by atoms with van der Waals surface area (Å²) in [4.78, 5) is 0. The normalized spacial score (nSPS) is 14.8. The molecule has 0 amide bonds. The predicted molar refractivity (Wildman–Crippen MR) is 74.3 cm³/mol. The molecule has 0 aliphatic heterocycles. The Morgan fingerprint density at radius 3 is 2.12 bits per heavy atom. The maximum Gasteiger partial charge on any atom is 0.0745 e. The Morgan fingerprint density at radius 2 is 1.53 bits per heavy atom. The van der Waals surface area contributed by atoms with E-state index in [-0.39, 0.29) is 6.10 Å². The molecule has 104 valence electrons. The van der Waals surface area contributed by atoms with Crippen molar-refractivity contribution < 1.29 is 9.84 Å². The fraction of sp³-hybridized carbons (Fsp3) is 1.00. The monoisotopic (exact) mass is 244 g/mol. The number of unbranched alkanes of at least 4 members (excludes halogenated alkanes) is 5. The van der Waals surface area contributed by atoms with Gasteiger partial charge in [0.05, 0.1) is 18.8 Å². The van der Waals surface area contributed by atoms with Gasteiger partial charge >= 0.3 is 0 Å². The van der Waals surface area contributed by atoms with E-state index in [2.05, 4.69) is 13.8 Å². The number of hydrogen-bond donors (Lipinski definition) is 1. The molecule has 2 atom stereocenters. The van der Waals surface area contributed by atoms with Crippen molar-refractivity contribution in [2.45, 2.75) is 90.8 Å². The van der Waals surface area contributed by atoms with Gasteiger partial charge in [0.2, 0.25) is 0 Å². The topological polar surface area (TPSA) is 29.5 Å². The second-order valence-electron chi connectivity index (χ2n) is 5.15. The molecule has 2 heteroatoms. The van der Waals surface area contributed by atoms with Gasteiger partial charge in [-0.3, -0.25) is 0 Å². The fourth-order valence-electron chi connectivity index (χ4n) is 2.06. The van der Waals surface area contributed by atoms with Gasteiger partial charge in [0, 0.05) is 0 Å².